The van der Waals surface area contributed by atoms with Crippen LogP contribution < -0.4 is 5.32 Å². The molecule has 5 heteroatoms. The van der Waals surface area contributed by atoms with E-state index in [-0.39, 0.29) is 16.4 Å². The molecule has 1 aliphatic carbocycles. The number of nitrogens with one attached hydrogen (secondary N) is 2. The van der Waals surface area contributed by atoms with Gasteiger partial charge in [-0.25, -0.2) is 0 Å². The number of hydrogen-bond acceptors (Lipinski definition) is 3. The minimum absolute atomic E-state index is 0.187. The van der Waals surface area contributed by atoms with Gasteiger partial charge < -0.3 is 4.98 Å². The zero-order valence-corrected chi connectivity index (χ0v) is 14.8. The van der Waals surface area contributed by atoms with Gasteiger partial charge in [0.1, 0.15) is 0 Å². The number of carbonyl (C=O) groups is 2. The summed E-state index contributed by atoms with van der Waals surface area (Å²) in [5, 5.41) is 2.87. The first-order valence-electron chi connectivity index (χ1n) is 8.70. The third kappa shape index (κ3) is 4.20. The zero-order valence-electron chi connectivity index (χ0n) is 14.0. The summed E-state index contributed by atoms with van der Waals surface area (Å²) >= 11 is 1.07. The van der Waals surface area contributed by atoms with Crippen molar-refractivity contribution in [2.24, 2.45) is 5.92 Å². The maximum Gasteiger partial charge on any atom is 0.286 e. The molecule has 2 N–H and O–H groups in total. The molecule has 1 aromatic carbocycles. The Hall–Kier alpha value is -1.75. The summed E-state index contributed by atoms with van der Waals surface area (Å²) in [7, 11) is 0. The monoisotopic (exact) mass is 344 g/mol. The van der Waals surface area contributed by atoms with Crippen molar-refractivity contribution in [3.63, 3.8) is 0 Å². The Bertz CT molecular complexity index is 719. The number of carbonyl (C=O) groups excluding carboxylic acids is 2. The molecule has 1 aliphatic heterocycles. The Kier molecular flexibility index (Phi) is 5.61. The summed E-state index contributed by atoms with van der Waals surface area (Å²) in [6.45, 7) is 2.36. The predicted molar refractivity (Wildman–Crippen MR) is 99.2 cm³/mol. The van der Waals surface area contributed by atoms with E-state index in [4.69, 9.17) is 0 Å². The molecule has 4 nitrogen and oxygen atoms in total. The number of aromatic nitrogens is 1. The fraction of sp³-hybridized carbons (Fsp3) is 0.474. The zero-order chi connectivity index (χ0) is 16.9. The molecule has 0 radical (unpaired) electrons. The van der Waals surface area contributed by atoms with E-state index in [9.17, 15) is 9.59 Å². The van der Waals surface area contributed by atoms with E-state index in [1.165, 1.54) is 32.1 Å². The van der Waals surface area contributed by atoms with Gasteiger partial charge in [0.25, 0.3) is 5.24 Å². The Morgan fingerprint density at radius 3 is 2.54 bits per heavy atom. The number of H-pyrrole nitrogens is 1. The minimum Gasteiger partial charge on any atom is -0.361 e. The van der Waals surface area contributed by atoms with Crippen molar-refractivity contribution < 1.29 is 9.59 Å². The van der Waals surface area contributed by atoms with Gasteiger partial charge in [-0.1, -0.05) is 62.9 Å². The topological polar surface area (TPSA) is 62.0 Å². The standard InChI is InChI=1S/C12H10N2O2S.C7H14/c15-11-10(17-12(16)14-11)6-7-2-1-3-9-8(7)4-5-13-9;1-7-5-3-2-4-6-7/h1-5,10,13H,6H2,(H,14,15,16);7H,2-6H2,1H3. The SMILES string of the molecule is CC1CCCCC1.O=C1NC(=O)C(Cc2cccc3[nH]ccc23)S1. The van der Waals surface area contributed by atoms with Crippen LogP contribution in [0.2, 0.25) is 0 Å². The van der Waals surface area contributed by atoms with Crippen molar-refractivity contribution in [2.75, 3.05) is 0 Å². The molecular weight excluding hydrogens is 320 g/mol. The van der Waals surface area contributed by atoms with Crippen LogP contribution in [0.4, 0.5) is 4.79 Å². The number of hydrogen-bond donors (Lipinski definition) is 2. The highest BCUT2D eigenvalue weighted by atomic mass is 32.2. The largest absolute Gasteiger partial charge is 0.361 e. The lowest BCUT2D eigenvalue weighted by Crippen LogP contribution is -2.25. The van der Waals surface area contributed by atoms with Crippen LogP contribution >= 0.6 is 11.8 Å². The van der Waals surface area contributed by atoms with E-state index in [0.717, 1.165) is 34.1 Å². The molecule has 2 aromatic rings. The maximum atomic E-state index is 11.5. The number of rotatable bonds is 2. The molecule has 1 unspecified atom stereocenters. The fourth-order valence-electron chi connectivity index (χ4n) is 3.36. The van der Waals surface area contributed by atoms with Crippen LogP contribution in [-0.4, -0.2) is 21.4 Å². The van der Waals surface area contributed by atoms with Crippen LogP contribution in [0.5, 0.6) is 0 Å². The van der Waals surface area contributed by atoms with Gasteiger partial charge in [0, 0.05) is 17.1 Å². The predicted octanol–water partition coefficient (Wildman–Crippen LogP) is 4.65. The first kappa shape index (κ1) is 17.1. The lowest BCUT2D eigenvalue weighted by Gasteiger charge is -2.15. The quantitative estimate of drug-likeness (QED) is 0.833. The van der Waals surface area contributed by atoms with Crippen LogP contribution in [0.25, 0.3) is 10.9 Å². The molecule has 24 heavy (non-hydrogen) atoms. The van der Waals surface area contributed by atoms with E-state index >= 15 is 0 Å². The Balaban J connectivity index is 0.000000203. The first-order chi connectivity index (χ1) is 11.6. The Morgan fingerprint density at radius 1 is 1.12 bits per heavy atom. The smallest absolute Gasteiger partial charge is 0.286 e. The Morgan fingerprint density at radius 2 is 1.92 bits per heavy atom. The van der Waals surface area contributed by atoms with Gasteiger partial charge in [-0.15, -0.1) is 0 Å². The molecular formula is C19H24N2O2S. The summed E-state index contributed by atoms with van der Waals surface area (Å²) in [4.78, 5) is 25.7. The van der Waals surface area contributed by atoms with Crippen molar-refractivity contribution in [2.45, 2.75) is 50.7 Å². The highest BCUT2D eigenvalue weighted by Gasteiger charge is 2.31. The number of amides is 2. The van der Waals surface area contributed by atoms with Crippen molar-refractivity contribution in [3.8, 4) is 0 Å². The maximum absolute atomic E-state index is 11.5. The molecule has 128 valence electrons. The van der Waals surface area contributed by atoms with Crippen molar-refractivity contribution >= 4 is 33.8 Å². The molecule has 2 aliphatic rings. The van der Waals surface area contributed by atoms with Crippen molar-refractivity contribution in [3.05, 3.63) is 36.0 Å². The number of imide groups is 1. The van der Waals surface area contributed by atoms with Gasteiger partial charge in [-0.05, 0) is 30.0 Å². The van der Waals surface area contributed by atoms with E-state index in [0.29, 0.717) is 6.42 Å². The molecule has 1 saturated heterocycles. The van der Waals surface area contributed by atoms with Crippen LogP contribution in [-0.2, 0) is 11.2 Å². The summed E-state index contributed by atoms with van der Waals surface area (Å²) in [5.41, 5.74) is 2.14. The van der Waals surface area contributed by atoms with Gasteiger partial charge in [0.2, 0.25) is 5.91 Å². The molecule has 1 saturated carbocycles. The molecule has 2 amide bonds. The normalized spacial score (nSPS) is 21.5. The summed E-state index contributed by atoms with van der Waals surface area (Å²) < 4.78 is 0. The third-order valence-corrected chi connectivity index (χ3v) is 5.73. The fourth-order valence-corrected chi connectivity index (χ4v) is 4.21. The molecule has 4 rings (SSSR count). The number of aromatic amines is 1. The average Bonchev–Trinajstić information content (AvgIpc) is 3.16. The van der Waals surface area contributed by atoms with E-state index in [1.54, 1.807) is 0 Å². The summed E-state index contributed by atoms with van der Waals surface area (Å²) in [6.07, 6.45) is 9.89. The molecule has 0 bridgehead atoms. The second kappa shape index (κ2) is 7.88. The molecule has 1 aromatic heterocycles. The summed E-state index contributed by atoms with van der Waals surface area (Å²) in [5.74, 6) is 0.848. The van der Waals surface area contributed by atoms with Gasteiger partial charge in [0.05, 0.1) is 5.25 Å². The van der Waals surface area contributed by atoms with Gasteiger partial charge in [-0.2, -0.15) is 0 Å². The van der Waals surface area contributed by atoms with Crippen molar-refractivity contribution in [1.29, 1.82) is 0 Å². The first-order valence-corrected chi connectivity index (χ1v) is 9.58. The Labute approximate surface area is 146 Å². The van der Waals surface area contributed by atoms with E-state index in [1.807, 2.05) is 30.5 Å². The van der Waals surface area contributed by atoms with Crippen LogP contribution in [0.15, 0.2) is 30.5 Å². The molecule has 2 heterocycles. The second-order valence-corrected chi connectivity index (χ2v) is 7.86. The minimum atomic E-state index is -0.303. The van der Waals surface area contributed by atoms with Crippen LogP contribution in [0, 0.1) is 5.92 Å². The lowest BCUT2D eigenvalue weighted by atomic mass is 9.91. The lowest BCUT2D eigenvalue weighted by molar-refractivity contribution is -0.118. The highest BCUT2D eigenvalue weighted by molar-refractivity contribution is 8.15. The van der Waals surface area contributed by atoms with Gasteiger partial charge in [-0.3, -0.25) is 14.9 Å². The number of thioether (sulfide) groups is 1. The number of fused-ring (bicyclic) bond motifs is 1. The molecule has 0 spiro atoms. The average molecular weight is 344 g/mol. The van der Waals surface area contributed by atoms with Crippen molar-refractivity contribution in [1.82, 2.24) is 10.3 Å². The van der Waals surface area contributed by atoms with E-state index in [2.05, 4.69) is 17.2 Å². The highest BCUT2D eigenvalue weighted by Crippen LogP contribution is 2.26. The van der Waals surface area contributed by atoms with E-state index < -0.39 is 0 Å². The third-order valence-electron chi connectivity index (χ3n) is 4.75. The van der Waals surface area contributed by atoms with Crippen LogP contribution in [0.3, 0.4) is 0 Å². The van der Waals surface area contributed by atoms with Crippen LogP contribution in [0.1, 0.15) is 44.6 Å². The molecule has 1 atom stereocenters. The second-order valence-electron chi connectivity index (χ2n) is 6.69. The molecule has 2 fully saturated rings. The van der Waals surface area contributed by atoms with Gasteiger partial charge in [0.15, 0.2) is 0 Å². The summed E-state index contributed by atoms with van der Waals surface area (Å²) in [6, 6.07) is 7.93. The number of benzene rings is 1. The van der Waals surface area contributed by atoms with Gasteiger partial charge >= 0.3 is 0 Å².